The Morgan fingerprint density at radius 3 is 2.74 bits per heavy atom. The Balaban J connectivity index is 1.59. The molecule has 2 aliphatic heterocycles. The van der Waals surface area contributed by atoms with Gasteiger partial charge < -0.3 is 39.9 Å². The number of ether oxygens (including phenoxy) is 2. The molecule has 0 amide bonds. The molecule has 0 radical (unpaired) electrons. The number of aliphatic hydroxyl groups is 3. The molecule has 2 bridgehead atoms. The average molecular weight is 433 g/mol. The van der Waals surface area contributed by atoms with Crippen LogP contribution in [0.25, 0.3) is 0 Å². The third-order valence-electron chi connectivity index (χ3n) is 7.37. The van der Waals surface area contributed by atoms with Gasteiger partial charge in [-0.2, -0.15) is 0 Å². The van der Waals surface area contributed by atoms with E-state index in [0.29, 0.717) is 24.9 Å². The minimum atomic E-state index is -2.34. The Morgan fingerprint density at radius 2 is 2.03 bits per heavy atom. The van der Waals surface area contributed by atoms with Crippen molar-refractivity contribution in [3.8, 4) is 11.5 Å². The van der Waals surface area contributed by atoms with Crippen LogP contribution in [0, 0.1) is 0 Å². The van der Waals surface area contributed by atoms with Gasteiger partial charge >= 0.3 is 11.9 Å². The largest absolute Gasteiger partial charge is 0.504 e. The number of aromatic hydroxyl groups is 1. The van der Waals surface area contributed by atoms with Crippen molar-refractivity contribution >= 4 is 11.9 Å². The monoisotopic (exact) mass is 433 g/mol. The number of phenols is 1. The number of likely N-dealkylation sites (N-methyl/N-ethyl adjacent to an activating group) is 1. The zero-order valence-corrected chi connectivity index (χ0v) is 16.7. The summed E-state index contributed by atoms with van der Waals surface area (Å²) < 4.78 is 11.4. The summed E-state index contributed by atoms with van der Waals surface area (Å²) in [5, 5.41) is 50.5. The standard InChI is InChI=1S/C21H23NO9/c1-22-7-6-20-13-9-2-3-10(23)16(13)31-17(20)11(4-5-21(20,29)12(22)8-9)30-19(28)15(25)14(24)18(26)27/h2-4,12,14-15,17,23-25,29H,5-8H2,1H3,(H,26,27)/t12-,14?,15?,17+,20+,21-/m1/s1. The lowest BCUT2D eigenvalue weighted by Gasteiger charge is -2.61. The van der Waals surface area contributed by atoms with Crippen molar-refractivity contribution in [1.82, 2.24) is 4.90 Å². The molecule has 166 valence electrons. The highest BCUT2D eigenvalue weighted by atomic mass is 16.6. The second-order valence-electron chi connectivity index (χ2n) is 8.75. The molecule has 0 aromatic heterocycles. The highest BCUT2D eigenvalue weighted by molar-refractivity contribution is 5.85. The van der Waals surface area contributed by atoms with Crippen molar-refractivity contribution in [1.29, 1.82) is 0 Å². The Morgan fingerprint density at radius 1 is 1.29 bits per heavy atom. The van der Waals surface area contributed by atoms with Crippen molar-refractivity contribution < 1.29 is 44.6 Å². The molecule has 1 spiro atoms. The summed E-state index contributed by atoms with van der Waals surface area (Å²) in [4.78, 5) is 25.3. The summed E-state index contributed by atoms with van der Waals surface area (Å²) in [5.74, 6) is -2.95. The number of benzene rings is 1. The maximum Gasteiger partial charge on any atom is 0.343 e. The number of aliphatic carboxylic acids is 1. The zero-order valence-electron chi connectivity index (χ0n) is 16.7. The van der Waals surface area contributed by atoms with Crippen molar-refractivity contribution in [2.75, 3.05) is 13.6 Å². The number of hydrogen-bond donors (Lipinski definition) is 5. The van der Waals surface area contributed by atoms with E-state index in [9.17, 15) is 30.0 Å². The minimum absolute atomic E-state index is 0.0121. The van der Waals surface area contributed by atoms with Crippen LogP contribution in [0.1, 0.15) is 24.0 Å². The first kappa shape index (κ1) is 20.3. The van der Waals surface area contributed by atoms with Crippen LogP contribution in [-0.4, -0.2) is 85.9 Å². The number of likely N-dealkylation sites (tertiary alicyclic amines) is 1. The lowest BCUT2D eigenvalue weighted by molar-refractivity contribution is -0.177. The zero-order chi connectivity index (χ0) is 22.3. The number of hydrogen-bond acceptors (Lipinski definition) is 9. The van der Waals surface area contributed by atoms with Gasteiger partial charge in [0.15, 0.2) is 29.8 Å². The number of carbonyl (C=O) groups is 2. The summed E-state index contributed by atoms with van der Waals surface area (Å²) in [7, 11) is 1.94. The van der Waals surface area contributed by atoms with E-state index in [1.54, 1.807) is 0 Å². The first-order chi connectivity index (χ1) is 14.6. The quantitative estimate of drug-likeness (QED) is 0.374. The maximum absolute atomic E-state index is 12.3. The van der Waals surface area contributed by atoms with Crippen molar-refractivity contribution in [2.45, 2.75) is 54.6 Å². The number of nitrogens with zero attached hydrogens (tertiary/aromatic N) is 1. The predicted octanol–water partition coefficient (Wildman–Crippen LogP) is -0.980. The van der Waals surface area contributed by atoms with Crippen LogP contribution >= 0.6 is 0 Å². The second-order valence-corrected chi connectivity index (χ2v) is 8.75. The van der Waals surface area contributed by atoms with Gasteiger partial charge in [-0.05, 0) is 44.1 Å². The SMILES string of the molecule is CN1CC[C@]23c4c5ccc(O)c4O[C@H]2C(OC(=O)C(O)C(O)C(=O)O)=CC[C@@]3(O)[C@H]1C5. The van der Waals surface area contributed by atoms with Crippen molar-refractivity contribution in [3.05, 3.63) is 35.1 Å². The predicted molar refractivity (Wildman–Crippen MR) is 102 cm³/mol. The molecule has 2 unspecified atom stereocenters. The van der Waals surface area contributed by atoms with Crippen molar-refractivity contribution in [2.24, 2.45) is 0 Å². The van der Waals surface area contributed by atoms with Gasteiger partial charge in [0, 0.05) is 18.0 Å². The molecular weight excluding hydrogens is 410 g/mol. The fraction of sp³-hybridized carbons (Fsp3) is 0.524. The van der Waals surface area contributed by atoms with Crippen LogP contribution in [0.4, 0.5) is 0 Å². The Hall–Kier alpha value is -2.66. The number of carboxylic acid groups (broad SMARTS) is 1. The molecule has 1 aromatic carbocycles. The molecule has 2 aliphatic carbocycles. The summed E-state index contributed by atoms with van der Waals surface area (Å²) in [6.45, 7) is 0.642. The van der Waals surface area contributed by atoms with Crippen LogP contribution in [0.3, 0.4) is 0 Å². The van der Waals surface area contributed by atoms with E-state index in [4.69, 9.17) is 14.6 Å². The van der Waals surface area contributed by atoms with Gasteiger partial charge in [0.05, 0.1) is 11.0 Å². The molecule has 1 saturated heterocycles. The maximum atomic E-state index is 12.3. The molecule has 10 heteroatoms. The molecule has 2 heterocycles. The third-order valence-corrected chi connectivity index (χ3v) is 7.37. The van der Waals surface area contributed by atoms with E-state index in [0.717, 1.165) is 5.56 Å². The first-order valence-corrected chi connectivity index (χ1v) is 10.1. The molecule has 6 atom stereocenters. The molecule has 1 aromatic rings. The van der Waals surface area contributed by atoms with E-state index in [1.165, 1.54) is 12.1 Å². The van der Waals surface area contributed by atoms with Gasteiger partial charge in [-0.1, -0.05) is 6.07 Å². The summed E-state index contributed by atoms with van der Waals surface area (Å²) in [6, 6.07) is 3.12. The lowest BCUT2D eigenvalue weighted by Crippen LogP contribution is -2.74. The Kier molecular flexibility index (Phi) is 4.20. The normalized spacial score (nSPS) is 34.8. The van der Waals surface area contributed by atoms with E-state index < -0.39 is 41.3 Å². The number of aliphatic hydroxyl groups excluding tert-OH is 2. The Labute approximate surface area is 176 Å². The topological polar surface area (TPSA) is 157 Å². The Bertz CT molecular complexity index is 1020. The third kappa shape index (κ3) is 2.41. The number of esters is 1. The lowest BCUT2D eigenvalue weighted by atomic mass is 9.50. The molecule has 1 fully saturated rings. The van der Waals surface area contributed by atoms with Gasteiger partial charge in [-0.3, -0.25) is 0 Å². The van der Waals surface area contributed by atoms with Crippen LogP contribution in [0.5, 0.6) is 11.5 Å². The van der Waals surface area contributed by atoms with E-state index in [2.05, 4.69) is 4.90 Å². The van der Waals surface area contributed by atoms with Crippen LogP contribution in [-0.2, 0) is 26.2 Å². The van der Waals surface area contributed by atoms with E-state index in [1.807, 2.05) is 13.1 Å². The molecule has 4 aliphatic rings. The van der Waals surface area contributed by atoms with Gasteiger partial charge in [-0.15, -0.1) is 0 Å². The number of piperidine rings is 1. The molecular formula is C21H23NO9. The smallest absolute Gasteiger partial charge is 0.343 e. The van der Waals surface area contributed by atoms with Gasteiger partial charge in [0.2, 0.25) is 0 Å². The van der Waals surface area contributed by atoms with Gasteiger partial charge in [0.1, 0.15) is 5.76 Å². The van der Waals surface area contributed by atoms with Crippen LogP contribution in [0.2, 0.25) is 0 Å². The van der Waals surface area contributed by atoms with E-state index in [-0.39, 0.29) is 29.7 Å². The molecule has 0 saturated carbocycles. The fourth-order valence-corrected chi connectivity index (χ4v) is 5.88. The number of carboxylic acids is 1. The molecule has 31 heavy (non-hydrogen) atoms. The first-order valence-electron chi connectivity index (χ1n) is 10.1. The summed E-state index contributed by atoms with van der Waals surface area (Å²) in [6.07, 6.45) is -2.91. The van der Waals surface area contributed by atoms with E-state index >= 15 is 0 Å². The fourth-order valence-electron chi connectivity index (χ4n) is 5.88. The number of carbonyl (C=O) groups excluding carboxylic acids is 1. The molecule has 10 nitrogen and oxygen atoms in total. The average Bonchev–Trinajstić information content (AvgIpc) is 3.09. The number of phenolic OH excluding ortho intramolecular Hbond substituents is 1. The minimum Gasteiger partial charge on any atom is -0.504 e. The molecule has 5 N–H and O–H groups in total. The second kappa shape index (κ2) is 6.42. The highest BCUT2D eigenvalue weighted by Gasteiger charge is 2.72. The number of rotatable bonds is 4. The van der Waals surface area contributed by atoms with Gasteiger partial charge in [-0.25, -0.2) is 9.59 Å². The summed E-state index contributed by atoms with van der Waals surface area (Å²) >= 11 is 0. The van der Waals surface area contributed by atoms with Crippen LogP contribution in [0.15, 0.2) is 24.0 Å². The summed E-state index contributed by atoms with van der Waals surface area (Å²) in [5.41, 5.74) is -0.583. The highest BCUT2D eigenvalue weighted by Crippen LogP contribution is 2.65. The molecule has 5 rings (SSSR count). The van der Waals surface area contributed by atoms with Gasteiger partial charge in [0.25, 0.3) is 0 Å². The van der Waals surface area contributed by atoms with Crippen LogP contribution < -0.4 is 4.74 Å². The van der Waals surface area contributed by atoms with Crippen molar-refractivity contribution in [3.63, 3.8) is 0 Å².